The average Bonchev–Trinajstić information content (AvgIpc) is 3.12. The number of hydrogen-bond acceptors (Lipinski definition) is 4. The first kappa shape index (κ1) is 18.4. The highest BCUT2D eigenvalue weighted by Gasteiger charge is 2.56. The van der Waals surface area contributed by atoms with Gasteiger partial charge in [0, 0.05) is 23.6 Å². The van der Waals surface area contributed by atoms with Gasteiger partial charge in [-0.3, -0.25) is 9.79 Å². The van der Waals surface area contributed by atoms with E-state index in [-0.39, 0.29) is 23.1 Å². The van der Waals surface area contributed by atoms with Crippen molar-refractivity contribution in [3.05, 3.63) is 95.7 Å². The van der Waals surface area contributed by atoms with Crippen molar-refractivity contribution in [1.29, 1.82) is 0 Å². The van der Waals surface area contributed by atoms with Crippen LogP contribution in [0, 0.1) is 5.92 Å². The molecular weight excluding hydrogens is 384 g/mol. The van der Waals surface area contributed by atoms with Crippen molar-refractivity contribution in [1.82, 2.24) is 4.90 Å². The highest BCUT2D eigenvalue weighted by atomic mass is 16.3. The predicted molar refractivity (Wildman–Crippen MR) is 121 cm³/mol. The molecule has 2 aromatic carbocycles. The molecule has 0 radical (unpaired) electrons. The zero-order chi connectivity index (χ0) is 21.0. The fourth-order valence-electron chi connectivity index (χ4n) is 5.85. The van der Waals surface area contributed by atoms with E-state index in [1.807, 2.05) is 18.2 Å². The molecule has 6 rings (SSSR count). The lowest BCUT2D eigenvalue weighted by Crippen LogP contribution is -2.54. The Balaban J connectivity index is 1.61. The minimum atomic E-state index is -0.378. The van der Waals surface area contributed by atoms with Gasteiger partial charge in [0.2, 0.25) is 0 Å². The second-order valence-corrected chi connectivity index (χ2v) is 8.86. The second-order valence-electron chi connectivity index (χ2n) is 8.86. The normalized spacial score (nSPS) is 28.8. The third-order valence-electron chi connectivity index (χ3n) is 7.15. The van der Waals surface area contributed by atoms with Crippen molar-refractivity contribution in [2.75, 3.05) is 0 Å². The zero-order valence-corrected chi connectivity index (χ0v) is 17.2. The van der Waals surface area contributed by atoms with Gasteiger partial charge in [-0.05, 0) is 66.8 Å². The molecule has 4 nitrogen and oxygen atoms in total. The summed E-state index contributed by atoms with van der Waals surface area (Å²) in [5.41, 5.74) is 4.84. The summed E-state index contributed by atoms with van der Waals surface area (Å²) in [5, 5.41) is 9.86. The minimum Gasteiger partial charge on any atom is -0.508 e. The summed E-state index contributed by atoms with van der Waals surface area (Å²) in [4.78, 5) is 20.0. The maximum Gasteiger partial charge on any atom is 0.180 e. The lowest BCUT2D eigenvalue weighted by molar-refractivity contribution is -0.110. The first-order valence-electron chi connectivity index (χ1n) is 11.1. The molecule has 0 bridgehead atoms. The molecule has 2 aromatic rings. The van der Waals surface area contributed by atoms with Gasteiger partial charge in [-0.15, -0.1) is 0 Å². The van der Waals surface area contributed by atoms with Crippen LogP contribution in [0.15, 0.2) is 89.6 Å². The van der Waals surface area contributed by atoms with Crippen LogP contribution in [0.2, 0.25) is 0 Å². The molecule has 154 valence electrons. The maximum atomic E-state index is 12.3. The molecule has 3 atom stereocenters. The maximum absolute atomic E-state index is 12.3. The number of aliphatic imine (C=N–C) groups is 1. The predicted octanol–water partition coefficient (Wildman–Crippen LogP) is 5.20. The summed E-state index contributed by atoms with van der Waals surface area (Å²) in [6, 6.07) is 18.1. The molecule has 2 aliphatic carbocycles. The van der Waals surface area contributed by atoms with E-state index in [1.165, 1.54) is 12.0 Å². The van der Waals surface area contributed by atoms with Crippen molar-refractivity contribution in [2.45, 2.75) is 37.3 Å². The molecule has 0 amide bonds. The fourth-order valence-corrected chi connectivity index (χ4v) is 5.85. The third-order valence-corrected chi connectivity index (χ3v) is 7.15. The molecule has 0 saturated heterocycles. The molecule has 1 spiro atoms. The van der Waals surface area contributed by atoms with Gasteiger partial charge in [-0.1, -0.05) is 42.8 Å². The number of hydrogen-bond donors (Lipinski definition) is 1. The van der Waals surface area contributed by atoms with Crippen LogP contribution in [0.4, 0.5) is 0 Å². The Bertz CT molecular complexity index is 1170. The Morgan fingerprint density at radius 2 is 1.77 bits per heavy atom. The smallest absolute Gasteiger partial charge is 0.180 e. The van der Waals surface area contributed by atoms with Crippen LogP contribution in [-0.4, -0.2) is 27.2 Å². The highest BCUT2D eigenvalue weighted by Crippen LogP contribution is 2.57. The lowest BCUT2D eigenvalue weighted by Gasteiger charge is -2.53. The molecule has 4 aliphatic rings. The van der Waals surface area contributed by atoms with E-state index in [2.05, 4.69) is 41.3 Å². The quantitative estimate of drug-likeness (QED) is 0.695. The lowest BCUT2D eigenvalue weighted by atomic mass is 9.66. The van der Waals surface area contributed by atoms with Crippen LogP contribution in [0.25, 0.3) is 5.70 Å². The highest BCUT2D eigenvalue weighted by molar-refractivity contribution is 6.21. The molecule has 4 heteroatoms. The van der Waals surface area contributed by atoms with E-state index < -0.39 is 0 Å². The van der Waals surface area contributed by atoms with Crippen LogP contribution < -0.4 is 0 Å². The van der Waals surface area contributed by atoms with Gasteiger partial charge in [0.25, 0.3) is 0 Å². The fraction of sp³-hybridized carbons (Fsp3) is 0.259. The first-order valence-corrected chi connectivity index (χ1v) is 11.1. The largest absolute Gasteiger partial charge is 0.508 e. The van der Waals surface area contributed by atoms with Crippen LogP contribution in [0.5, 0.6) is 5.75 Å². The molecule has 0 aromatic heterocycles. The van der Waals surface area contributed by atoms with Crippen molar-refractivity contribution in [2.24, 2.45) is 10.9 Å². The van der Waals surface area contributed by atoms with Gasteiger partial charge >= 0.3 is 0 Å². The Morgan fingerprint density at radius 3 is 2.58 bits per heavy atom. The summed E-state index contributed by atoms with van der Waals surface area (Å²) in [5.74, 6) is 0.838. The van der Waals surface area contributed by atoms with Crippen LogP contribution in [0.1, 0.15) is 42.7 Å². The molecule has 31 heavy (non-hydrogen) atoms. The van der Waals surface area contributed by atoms with Gasteiger partial charge in [-0.25, -0.2) is 0 Å². The number of benzene rings is 2. The summed E-state index contributed by atoms with van der Waals surface area (Å²) < 4.78 is 0. The van der Waals surface area contributed by atoms with Crippen LogP contribution >= 0.6 is 0 Å². The zero-order valence-electron chi connectivity index (χ0n) is 17.2. The van der Waals surface area contributed by atoms with Crippen molar-refractivity contribution < 1.29 is 9.90 Å². The van der Waals surface area contributed by atoms with Crippen molar-refractivity contribution in [3.8, 4) is 5.75 Å². The summed E-state index contributed by atoms with van der Waals surface area (Å²) in [6.07, 6.45) is 12.0. The number of carbonyl (C=O) groups is 1. The number of fused-ring (bicyclic) bond motifs is 2. The number of ketones is 1. The van der Waals surface area contributed by atoms with E-state index >= 15 is 0 Å². The number of carbonyl (C=O) groups excluding carboxylic acids is 1. The monoisotopic (exact) mass is 408 g/mol. The number of phenols is 1. The topological polar surface area (TPSA) is 52.9 Å². The standard InChI is InChI=1S/C27H24N2O2/c30-20-11-9-19(10-12-20)25-17-22(18-6-2-1-3-7-18)23-8-4-5-15-27(23)28-24-14-13-21(31)16-26(24)29(25)27/h1-3,6-7,9-14,16-17,22-23,30H,4-5,8,15H2/t22-,23-,27+/m0/s1. The number of rotatable bonds is 2. The van der Waals surface area contributed by atoms with Crippen molar-refractivity contribution in [3.63, 3.8) is 0 Å². The van der Waals surface area contributed by atoms with E-state index in [0.717, 1.165) is 41.9 Å². The number of allylic oxidation sites excluding steroid dienone is 4. The first-order chi connectivity index (χ1) is 15.2. The number of aromatic hydroxyl groups is 1. The molecule has 1 fully saturated rings. The summed E-state index contributed by atoms with van der Waals surface area (Å²) >= 11 is 0. The van der Waals surface area contributed by atoms with Crippen molar-refractivity contribution >= 4 is 17.2 Å². The van der Waals surface area contributed by atoms with Gasteiger partial charge in [0.05, 0.1) is 11.4 Å². The molecular formula is C27H24N2O2. The second kappa shape index (κ2) is 6.81. The number of nitrogens with zero attached hydrogens (tertiary/aromatic N) is 2. The molecule has 2 aliphatic heterocycles. The Kier molecular flexibility index (Phi) is 4.04. The van der Waals surface area contributed by atoms with E-state index in [9.17, 15) is 9.90 Å². The Hall–Kier alpha value is -3.40. The Morgan fingerprint density at radius 1 is 0.968 bits per heavy atom. The van der Waals surface area contributed by atoms with Crippen LogP contribution in [-0.2, 0) is 4.79 Å². The van der Waals surface area contributed by atoms with Gasteiger partial charge in [-0.2, -0.15) is 0 Å². The summed E-state index contributed by atoms with van der Waals surface area (Å²) in [6.45, 7) is 0. The van der Waals surface area contributed by atoms with E-state index in [0.29, 0.717) is 5.92 Å². The average molecular weight is 409 g/mol. The van der Waals surface area contributed by atoms with E-state index in [4.69, 9.17) is 4.99 Å². The van der Waals surface area contributed by atoms with Gasteiger partial charge in [0.1, 0.15) is 11.4 Å². The van der Waals surface area contributed by atoms with Gasteiger partial charge in [0.15, 0.2) is 5.78 Å². The molecule has 1 saturated carbocycles. The molecule has 0 unspecified atom stereocenters. The number of phenolic OH excluding ortho intramolecular Hbond substituents is 1. The Labute approximate surface area is 181 Å². The third kappa shape index (κ3) is 2.74. The summed E-state index contributed by atoms with van der Waals surface area (Å²) in [7, 11) is 0. The van der Waals surface area contributed by atoms with Gasteiger partial charge < -0.3 is 10.0 Å². The van der Waals surface area contributed by atoms with Crippen LogP contribution in [0.3, 0.4) is 0 Å². The minimum absolute atomic E-state index is 0.00796. The molecule has 1 N–H and O–H groups in total. The molecule has 2 heterocycles. The SMILES string of the molecule is O=C1C=CC2=N[C@@]34CCCC[C@H]3[C@H](c3ccccc3)C=C(c3ccc(O)cc3)N4C2=C1. The van der Waals surface area contributed by atoms with E-state index in [1.54, 1.807) is 24.3 Å².